The number of carbonyl (C=O) groups is 1. The first-order valence-corrected chi connectivity index (χ1v) is 8.47. The minimum absolute atomic E-state index is 0.317. The van der Waals surface area contributed by atoms with Gasteiger partial charge in [-0.3, -0.25) is 4.79 Å². The fraction of sp³-hybridized carbons (Fsp3) is 0.188. The third kappa shape index (κ3) is 4.72. The molecular weight excluding hydrogens is 359 g/mol. The Balaban J connectivity index is 2.07. The van der Waals surface area contributed by atoms with Gasteiger partial charge in [0.15, 0.2) is 0 Å². The molecule has 25 heavy (non-hydrogen) atoms. The molecule has 0 aliphatic heterocycles. The number of rotatable bonds is 5. The van der Waals surface area contributed by atoms with E-state index >= 15 is 0 Å². The van der Waals surface area contributed by atoms with Crippen LogP contribution < -0.4 is 9.50 Å². The lowest BCUT2D eigenvalue weighted by atomic mass is 10.0. The van der Waals surface area contributed by atoms with Crippen LogP contribution in [0, 0.1) is 0 Å². The summed E-state index contributed by atoms with van der Waals surface area (Å²) in [5, 5.41) is 2.70. The van der Waals surface area contributed by atoms with Gasteiger partial charge in [0.1, 0.15) is 5.75 Å². The highest BCUT2D eigenvalue weighted by molar-refractivity contribution is 7.88. The molecule has 0 unspecified atom stereocenters. The van der Waals surface area contributed by atoms with E-state index in [0.29, 0.717) is 11.3 Å². The summed E-state index contributed by atoms with van der Waals surface area (Å²) < 4.78 is 62.7. The van der Waals surface area contributed by atoms with Crippen LogP contribution in [0.1, 0.15) is 18.4 Å². The van der Waals surface area contributed by atoms with Gasteiger partial charge >= 0.3 is 15.6 Å². The van der Waals surface area contributed by atoms with Crippen molar-refractivity contribution in [1.82, 2.24) is 0 Å². The van der Waals surface area contributed by atoms with Gasteiger partial charge in [-0.15, -0.1) is 0 Å². The molecule has 0 aromatic heterocycles. The lowest BCUT2D eigenvalue weighted by molar-refractivity contribution is -0.117. The SMILES string of the molecule is C[C@@H](C(=O)Nc1ccccc1)c1ccc(OS(=O)(=O)C(F)(F)F)cc1. The minimum Gasteiger partial charge on any atom is -0.376 e. The van der Waals surface area contributed by atoms with Crippen LogP contribution in [0.3, 0.4) is 0 Å². The number of alkyl halides is 3. The summed E-state index contributed by atoms with van der Waals surface area (Å²) in [5.41, 5.74) is -4.41. The summed E-state index contributed by atoms with van der Waals surface area (Å²) in [6.45, 7) is 1.61. The summed E-state index contributed by atoms with van der Waals surface area (Å²) in [7, 11) is -5.72. The molecule has 0 bridgehead atoms. The van der Waals surface area contributed by atoms with Crippen molar-refractivity contribution >= 4 is 21.7 Å². The topological polar surface area (TPSA) is 72.5 Å². The van der Waals surface area contributed by atoms with Gasteiger partial charge in [-0.25, -0.2) is 0 Å². The number of hydrogen-bond acceptors (Lipinski definition) is 4. The number of amides is 1. The van der Waals surface area contributed by atoms with Crippen LogP contribution in [0.25, 0.3) is 0 Å². The number of carbonyl (C=O) groups excluding carboxylic acids is 1. The molecule has 134 valence electrons. The van der Waals surface area contributed by atoms with Crippen molar-refractivity contribution < 1.29 is 30.6 Å². The average Bonchev–Trinajstić information content (AvgIpc) is 2.54. The fourth-order valence-electron chi connectivity index (χ4n) is 1.91. The van der Waals surface area contributed by atoms with Crippen LogP contribution in [-0.4, -0.2) is 19.8 Å². The third-order valence-electron chi connectivity index (χ3n) is 3.30. The van der Waals surface area contributed by atoms with E-state index < -0.39 is 27.3 Å². The van der Waals surface area contributed by atoms with Gasteiger partial charge in [-0.2, -0.15) is 21.6 Å². The van der Waals surface area contributed by atoms with Crippen LogP contribution in [0.15, 0.2) is 54.6 Å². The van der Waals surface area contributed by atoms with E-state index in [4.69, 9.17) is 0 Å². The van der Waals surface area contributed by atoms with Crippen LogP contribution in [0.5, 0.6) is 5.75 Å². The predicted octanol–water partition coefficient (Wildman–Crippen LogP) is 3.66. The Morgan fingerprint density at radius 3 is 2.12 bits per heavy atom. The molecule has 2 rings (SSSR count). The molecule has 0 saturated heterocycles. The van der Waals surface area contributed by atoms with Gasteiger partial charge < -0.3 is 9.50 Å². The number of para-hydroxylation sites is 1. The second kappa shape index (κ2) is 7.14. The first-order valence-electron chi connectivity index (χ1n) is 7.07. The molecule has 0 aliphatic rings. The number of anilines is 1. The smallest absolute Gasteiger partial charge is 0.376 e. The van der Waals surface area contributed by atoms with E-state index in [-0.39, 0.29) is 5.91 Å². The van der Waals surface area contributed by atoms with Crippen molar-refractivity contribution in [3.63, 3.8) is 0 Å². The molecule has 1 N–H and O–H groups in total. The maximum Gasteiger partial charge on any atom is 0.534 e. The quantitative estimate of drug-likeness (QED) is 0.641. The summed E-state index contributed by atoms with van der Waals surface area (Å²) in [6, 6.07) is 13.5. The molecule has 1 atom stereocenters. The lowest BCUT2D eigenvalue weighted by Gasteiger charge is -2.14. The van der Waals surface area contributed by atoms with Crippen LogP contribution in [0.2, 0.25) is 0 Å². The zero-order valence-electron chi connectivity index (χ0n) is 12.9. The summed E-state index contributed by atoms with van der Waals surface area (Å²) in [5.74, 6) is -1.41. The molecule has 2 aromatic carbocycles. The molecular formula is C16H14F3NO4S. The van der Waals surface area contributed by atoms with Crippen molar-refractivity contribution in [3.8, 4) is 5.75 Å². The number of halogens is 3. The van der Waals surface area contributed by atoms with Crippen molar-refractivity contribution in [2.45, 2.75) is 18.3 Å². The first-order chi connectivity index (χ1) is 11.6. The Morgan fingerprint density at radius 2 is 1.60 bits per heavy atom. The molecule has 2 aromatic rings. The number of hydrogen-bond donors (Lipinski definition) is 1. The molecule has 0 saturated carbocycles. The molecule has 1 amide bonds. The molecule has 0 radical (unpaired) electrons. The molecule has 0 spiro atoms. The highest BCUT2D eigenvalue weighted by atomic mass is 32.2. The van der Waals surface area contributed by atoms with Crippen molar-refractivity contribution in [2.24, 2.45) is 0 Å². The van der Waals surface area contributed by atoms with E-state index in [1.807, 2.05) is 0 Å². The molecule has 0 aliphatic carbocycles. The molecule has 5 nitrogen and oxygen atoms in total. The minimum atomic E-state index is -5.72. The number of benzene rings is 2. The van der Waals surface area contributed by atoms with E-state index in [1.165, 1.54) is 12.1 Å². The van der Waals surface area contributed by atoms with E-state index in [0.717, 1.165) is 12.1 Å². The maximum atomic E-state index is 12.3. The summed E-state index contributed by atoms with van der Waals surface area (Å²) >= 11 is 0. The largest absolute Gasteiger partial charge is 0.534 e. The van der Waals surface area contributed by atoms with Gasteiger partial charge in [0, 0.05) is 5.69 Å². The molecule has 9 heteroatoms. The number of nitrogens with one attached hydrogen (secondary N) is 1. The Bertz CT molecular complexity index is 834. The van der Waals surface area contributed by atoms with Gasteiger partial charge in [0.25, 0.3) is 0 Å². The third-order valence-corrected chi connectivity index (χ3v) is 4.28. The highest BCUT2D eigenvalue weighted by Crippen LogP contribution is 2.28. The Hall–Kier alpha value is -2.55. The van der Waals surface area contributed by atoms with Gasteiger partial charge in [0.2, 0.25) is 5.91 Å². The van der Waals surface area contributed by atoms with Crippen LogP contribution >= 0.6 is 0 Å². The van der Waals surface area contributed by atoms with E-state index in [9.17, 15) is 26.4 Å². The lowest BCUT2D eigenvalue weighted by Crippen LogP contribution is -2.28. The second-order valence-electron chi connectivity index (χ2n) is 5.13. The predicted molar refractivity (Wildman–Crippen MR) is 85.5 cm³/mol. The first kappa shape index (κ1) is 18.8. The summed E-state index contributed by atoms with van der Waals surface area (Å²) in [4.78, 5) is 12.2. The fourth-order valence-corrected chi connectivity index (χ4v) is 2.37. The molecule has 0 fully saturated rings. The summed E-state index contributed by atoms with van der Waals surface area (Å²) in [6.07, 6.45) is 0. The van der Waals surface area contributed by atoms with Crippen LogP contribution in [0.4, 0.5) is 18.9 Å². The van der Waals surface area contributed by atoms with Crippen molar-refractivity contribution in [3.05, 3.63) is 60.2 Å². The van der Waals surface area contributed by atoms with Gasteiger partial charge in [-0.05, 0) is 36.8 Å². The second-order valence-corrected chi connectivity index (χ2v) is 6.67. The van der Waals surface area contributed by atoms with Gasteiger partial charge in [-0.1, -0.05) is 30.3 Å². The molecule has 0 heterocycles. The highest BCUT2D eigenvalue weighted by Gasteiger charge is 2.48. The van der Waals surface area contributed by atoms with Gasteiger partial charge in [0.05, 0.1) is 5.92 Å². The Morgan fingerprint density at radius 1 is 1.04 bits per heavy atom. The zero-order chi connectivity index (χ0) is 18.7. The maximum absolute atomic E-state index is 12.3. The van der Waals surface area contributed by atoms with Crippen molar-refractivity contribution in [1.29, 1.82) is 0 Å². The normalized spacial score (nSPS) is 13.1. The van der Waals surface area contributed by atoms with Crippen LogP contribution in [-0.2, 0) is 14.9 Å². The van der Waals surface area contributed by atoms with Crippen molar-refractivity contribution in [2.75, 3.05) is 5.32 Å². The Labute approximate surface area is 142 Å². The zero-order valence-corrected chi connectivity index (χ0v) is 13.8. The van der Waals surface area contributed by atoms with E-state index in [1.54, 1.807) is 37.3 Å². The Kier molecular flexibility index (Phi) is 5.36. The van der Waals surface area contributed by atoms with E-state index in [2.05, 4.69) is 9.50 Å². The average molecular weight is 373 g/mol. The standard InChI is InChI=1S/C16H14F3NO4S/c1-11(15(21)20-13-5-3-2-4-6-13)12-7-9-14(10-8-12)24-25(22,23)16(17,18)19/h2-11H,1H3,(H,20,21)/t11-/m1/s1. The monoisotopic (exact) mass is 373 g/mol.